The maximum absolute atomic E-state index is 11.9. The first kappa shape index (κ1) is 14.8. The molecule has 0 spiro atoms. The molecule has 21 heavy (non-hydrogen) atoms. The molecule has 1 atom stereocenters. The fourth-order valence-corrected chi connectivity index (χ4v) is 3.85. The van der Waals surface area contributed by atoms with E-state index in [0.29, 0.717) is 5.92 Å². The lowest BCUT2D eigenvalue weighted by Crippen LogP contribution is -2.37. The van der Waals surface area contributed by atoms with Crippen LogP contribution in [0.1, 0.15) is 24.4 Å². The topological polar surface area (TPSA) is 64.6 Å². The van der Waals surface area contributed by atoms with Gasteiger partial charge in [-0.1, -0.05) is 0 Å². The maximum Gasteiger partial charge on any atom is 0.246 e. The highest BCUT2D eigenvalue weighted by atomic mass is 79.9. The third-order valence-corrected chi connectivity index (χ3v) is 5.03. The quantitative estimate of drug-likeness (QED) is 0.773. The summed E-state index contributed by atoms with van der Waals surface area (Å²) < 4.78 is 0.986. The molecule has 1 aromatic rings. The molecule has 5 nitrogen and oxygen atoms in total. The van der Waals surface area contributed by atoms with Crippen molar-refractivity contribution in [2.45, 2.75) is 25.0 Å². The lowest BCUT2D eigenvalue weighted by atomic mass is 9.82. The van der Waals surface area contributed by atoms with E-state index in [1.807, 2.05) is 19.2 Å². The maximum atomic E-state index is 11.9. The Hall–Kier alpha value is -1.11. The highest BCUT2D eigenvalue weighted by Gasteiger charge is 2.32. The van der Waals surface area contributed by atoms with Crippen LogP contribution in [0.2, 0.25) is 0 Å². The van der Waals surface area contributed by atoms with Crippen LogP contribution in [-0.4, -0.2) is 37.8 Å². The smallest absolute Gasteiger partial charge is 0.246 e. The number of fused-ring (bicyclic) bond motifs is 1. The first-order valence-corrected chi connectivity index (χ1v) is 7.99. The van der Waals surface area contributed by atoms with Gasteiger partial charge >= 0.3 is 0 Å². The molecule has 0 radical (unpaired) electrons. The van der Waals surface area contributed by atoms with Gasteiger partial charge in [0.1, 0.15) is 6.04 Å². The van der Waals surface area contributed by atoms with Crippen molar-refractivity contribution in [3.05, 3.63) is 22.2 Å². The molecule has 1 aliphatic heterocycles. The number of likely N-dealkylation sites (N-methyl/N-ethyl adjacent to an activating group) is 1. The lowest BCUT2D eigenvalue weighted by molar-refractivity contribution is -0.117. The molecule has 6 heteroatoms. The number of aliphatic hydroxyl groups excluding tert-OH is 1. The van der Waals surface area contributed by atoms with Gasteiger partial charge in [-0.2, -0.15) is 0 Å². The zero-order valence-electron chi connectivity index (χ0n) is 12.2. The van der Waals surface area contributed by atoms with Crippen molar-refractivity contribution in [2.75, 3.05) is 30.9 Å². The van der Waals surface area contributed by atoms with Crippen molar-refractivity contribution >= 4 is 33.2 Å². The molecule has 0 saturated heterocycles. The zero-order valence-corrected chi connectivity index (χ0v) is 13.8. The molecule has 3 N–H and O–H groups in total. The summed E-state index contributed by atoms with van der Waals surface area (Å²) >= 11 is 3.61. The predicted octanol–water partition coefficient (Wildman–Crippen LogP) is 1.87. The Morgan fingerprint density at radius 2 is 2.19 bits per heavy atom. The van der Waals surface area contributed by atoms with E-state index in [2.05, 4.69) is 31.5 Å². The van der Waals surface area contributed by atoms with E-state index in [4.69, 9.17) is 0 Å². The van der Waals surface area contributed by atoms with Crippen molar-refractivity contribution in [2.24, 2.45) is 5.92 Å². The number of carbonyl (C=O) groups excluding carboxylic acids is 1. The number of nitrogens with zero attached hydrogens (tertiary/aromatic N) is 1. The second-order valence-electron chi connectivity index (χ2n) is 5.97. The van der Waals surface area contributed by atoms with Crippen LogP contribution >= 0.6 is 15.9 Å². The number of nitrogens with one attached hydrogen (secondary N) is 2. The summed E-state index contributed by atoms with van der Waals surface area (Å²) in [6.07, 6.45) is 1.64. The normalized spacial score (nSPS) is 27.0. The van der Waals surface area contributed by atoms with E-state index < -0.39 is 0 Å². The summed E-state index contributed by atoms with van der Waals surface area (Å²) in [5.74, 6) is 0.533. The van der Waals surface area contributed by atoms with Crippen LogP contribution in [0.3, 0.4) is 0 Å². The van der Waals surface area contributed by atoms with Gasteiger partial charge in [-0.25, -0.2) is 0 Å². The van der Waals surface area contributed by atoms with Gasteiger partial charge in [-0.3, -0.25) is 4.79 Å². The van der Waals surface area contributed by atoms with Crippen LogP contribution < -0.4 is 15.5 Å². The van der Waals surface area contributed by atoms with Gasteiger partial charge < -0.3 is 20.6 Å². The Morgan fingerprint density at radius 1 is 1.48 bits per heavy atom. The Labute approximate surface area is 132 Å². The van der Waals surface area contributed by atoms with E-state index in [0.717, 1.165) is 40.8 Å². The molecule has 1 heterocycles. The predicted molar refractivity (Wildman–Crippen MR) is 86.6 cm³/mol. The average molecular weight is 354 g/mol. The van der Waals surface area contributed by atoms with Crippen LogP contribution in [0.5, 0.6) is 0 Å². The van der Waals surface area contributed by atoms with Crippen LogP contribution in [0, 0.1) is 5.92 Å². The van der Waals surface area contributed by atoms with Gasteiger partial charge in [0.15, 0.2) is 0 Å². The molecule has 3 rings (SSSR count). The summed E-state index contributed by atoms with van der Waals surface area (Å²) in [6.45, 7) is 0.915. The second kappa shape index (κ2) is 5.59. The van der Waals surface area contributed by atoms with E-state index >= 15 is 0 Å². The van der Waals surface area contributed by atoms with Crippen molar-refractivity contribution in [3.8, 4) is 0 Å². The fourth-order valence-electron chi connectivity index (χ4n) is 3.18. The van der Waals surface area contributed by atoms with Gasteiger partial charge in [0.05, 0.1) is 11.8 Å². The van der Waals surface area contributed by atoms with Crippen LogP contribution in [-0.2, 0) is 4.79 Å². The van der Waals surface area contributed by atoms with Crippen LogP contribution in [0.25, 0.3) is 0 Å². The third kappa shape index (κ3) is 2.67. The highest BCUT2D eigenvalue weighted by molar-refractivity contribution is 9.10. The molecule has 0 bridgehead atoms. The number of amides is 1. The standard InChI is InChI=1S/C15H20BrN3O2/c1-17-14-10-5-11(16)13(6-12(10)18-15(14)21)19(2)7-8-3-9(20)4-8/h5-6,8-9,14,17,20H,3-4,7H2,1-2H3,(H,18,21). The molecule has 2 aliphatic rings. The van der Waals surface area contributed by atoms with Gasteiger partial charge in [0.25, 0.3) is 0 Å². The number of carbonyl (C=O) groups is 1. The van der Waals surface area contributed by atoms with Crippen molar-refractivity contribution in [3.63, 3.8) is 0 Å². The van der Waals surface area contributed by atoms with E-state index in [1.165, 1.54) is 0 Å². The van der Waals surface area contributed by atoms with Crippen molar-refractivity contribution in [1.29, 1.82) is 0 Å². The van der Waals surface area contributed by atoms with Crippen LogP contribution in [0.15, 0.2) is 16.6 Å². The molecule has 1 unspecified atom stereocenters. The first-order chi connectivity index (χ1) is 9.99. The monoisotopic (exact) mass is 353 g/mol. The van der Waals surface area contributed by atoms with Crippen LogP contribution in [0.4, 0.5) is 11.4 Å². The number of hydrogen-bond acceptors (Lipinski definition) is 4. The Kier molecular flexibility index (Phi) is 3.94. The molecule has 0 aromatic heterocycles. The number of halogens is 1. The van der Waals surface area contributed by atoms with E-state index in [9.17, 15) is 9.90 Å². The van der Waals surface area contributed by atoms with E-state index in [1.54, 1.807) is 7.05 Å². The highest BCUT2D eigenvalue weighted by Crippen LogP contribution is 2.39. The molecular weight excluding hydrogens is 334 g/mol. The molecule has 1 aliphatic carbocycles. The summed E-state index contributed by atoms with van der Waals surface area (Å²) in [5.41, 5.74) is 2.91. The molecule has 1 amide bonds. The number of benzene rings is 1. The summed E-state index contributed by atoms with van der Waals surface area (Å²) in [4.78, 5) is 14.1. The average Bonchev–Trinajstić information content (AvgIpc) is 2.70. The van der Waals surface area contributed by atoms with E-state index in [-0.39, 0.29) is 18.1 Å². The van der Waals surface area contributed by atoms with Gasteiger partial charge in [0, 0.05) is 29.3 Å². The zero-order chi connectivity index (χ0) is 15.1. The first-order valence-electron chi connectivity index (χ1n) is 7.20. The SMILES string of the molecule is CNC1C(=O)Nc2cc(N(C)CC3CC(O)C3)c(Br)cc21. The fraction of sp³-hybridized carbons (Fsp3) is 0.533. The van der Waals surface area contributed by atoms with Gasteiger partial charge in [0.2, 0.25) is 5.91 Å². The number of aliphatic hydroxyl groups is 1. The Balaban J connectivity index is 1.81. The largest absolute Gasteiger partial charge is 0.393 e. The minimum atomic E-state index is -0.280. The molecule has 1 aromatic carbocycles. The molecule has 114 valence electrons. The number of anilines is 2. The molecular formula is C15H20BrN3O2. The van der Waals surface area contributed by atoms with Crippen molar-refractivity contribution in [1.82, 2.24) is 5.32 Å². The van der Waals surface area contributed by atoms with Gasteiger partial charge in [-0.15, -0.1) is 0 Å². The van der Waals surface area contributed by atoms with Crippen molar-refractivity contribution < 1.29 is 9.90 Å². The Bertz CT molecular complexity index is 572. The number of rotatable bonds is 4. The Morgan fingerprint density at radius 3 is 2.81 bits per heavy atom. The molecule has 1 fully saturated rings. The molecule has 1 saturated carbocycles. The minimum Gasteiger partial charge on any atom is -0.393 e. The second-order valence-corrected chi connectivity index (χ2v) is 6.83. The minimum absolute atomic E-state index is 0.0127. The summed E-state index contributed by atoms with van der Waals surface area (Å²) in [5, 5.41) is 15.3. The lowest BCUT2D eigenvalue weighted by Gasteiger charge is -2.35. The summed E-state index contributed by atoms with van der Waals surface area (Å²) in [7, 11) is 3.83. The van der Waals surface area contributed by atoms with Gasteiger partial charge in [-0.05, 0) is 53.9 Å². The third-order valence-electron chi connectivity index (χ3n) is 4.39. The summed E-state index contributed by atoms with van der Waals surface area (Å²) in [6, 6.07) is 3.75. The number of hydrogen-bond donors (Lipinski definition) is 3.